The summed E-state index contributed by atoms with van der Waals surface area (Å²) in [4.78, 5) is 3.71. The fourth-order valence-electron chi connectivity index (χ4n) is 1.89. The molecule has 0 aromatic carbocycles. The number of aliphatic hydroxyl groups is 1. The number of rotatable bonds is 3. The van der Waals surface area contributed by atoms with Crippen LogP contribution < -0.4 is 0 Å². The number of aromatic nitrogens is 3. The van der Waals surface area contributed by atoms with Gasteiger partial charge in [-0.25, -0.2) is 0 Å². The molecule has 0 aliphatic rings. The van der Waals surface area contributed by atoms with Crippen LogP contribution in [0.4, 0.5) is 13.2 Å². The van der Waals surface area contributed by atoms with Gasteiger partial charge in [0.1, 0.15) is 6.10 Å². The van der Waals surface area contributed by atoms with Crippen molar-refractivity contribution in [3.8, 4) is 0 Å². The largest absolute Gasteiger partial charge is 0.417 e. The molecule has 4 nitrogen and oxygen atoms in total. The Kier molecular flexibility index (Phi) is 4.38. The molecule has 0 saturated carbocycles. The maximum absolute atomic E-state index is 12.5. The molecule has 1 N–H and O–H groups in total. The van der Waals surface area contributed by atoms with Crippen molar-refractivity contribution in [3.05, 3.63) is 46.0 Å². The van der Waals surface area contributed by atoms with Crippen molar-refractivity contribution >= 4 is 15.9 Å². The van der Waals surface area contributed by atoms with E-state index in [0.29, 0.717) is 16.4 Å². The molecule has 0 saturated heterocycles. The van der Waals surface area contributed by atoms with Gasteiger partial charge in [-0.1, -0.05) is 0 Å². The Morgan fingerprint density at radius 2 is 1.90 bits per heavy atom. The van der Waals surface area contributed by atoms with Crippen molar-refractivity contribution in [3.63, 3.8) is 0 Å². The number of alkyl halides is 3. The number of pyridine rings is 1. The molecular formula is C13H13BrF3N3O. The number of aliphatic hydroxyl groups excluding tert-OH is 1. The van der Waals surface area contributed by atoms with Gasteiger partial charge in [-0.3, -0.25) is 9.67 Å². The SMILES string of the molecule is CC(C)n1ncc(Br)c1C(O)c1ccc(C(F)(F)F)cn1. The lowest BCUT2D eigenvalue weighted by molar-refractivity contribution is -0.137. The molecule has 2 heterocycles. The summed E-state index contributed by atoms with van der Waals surface area (Å²) in [7, 11) is 0. The monoisotopic (exact) mass is 363 g/mol. The second-order valence-electron chi connectivity index (χ2n) is 4.79. The Balaban J connectivity index is 2.37. The predicted molar refractivity (Wildman–Crippen MR) is 73.6 cm³/mol. The molecule has 8 heteroatoms. The smallest absolute Gasteiger partial charge is 0.380 e. The van der Waals surface area contributed by atoms with Crippen LogP contribution in [0.2, 0.25) is 0 Å². The van der Waals surface area contributed by atoms with Crippen LogP contribution in [-0.2, 0) is 6.18 Å². The van der Waals surface area contributed by atoms with Crippen molar-refractivity contribution < 1.29 is 18.3 Å². The Morgan fingerprint density at radius 1 is 1.24 bits per heavy atom. The van der Waals surface area contributed by atoms with Gasteiger partial charge in [-0.2, -0.15) is 18.3 Å². The minimum Gasteiger partial charge on any atom is -0.380 e. The molecule has 114 valence electrons. The first-order valence-electron chi connectivity index (χ1n) is 6.16. The maximum atomic E-state index is 12.5. The summed E-state index contributed by atoms with van der Waals surface area (Å²) < 4.78 is 39.7. The van der Waals surface area contributed by atoms with E-state index in [1.165, 1.54) is 6.20 Å². The minimum absolute atomic E-state index is 0.00426. The third kappa shape index (κ3) is 3.26. The molecule has 1 unspecified atom stereocenters. The molecule has 21 heavy (non-hydrogen) atoms. The van der Waals surface area contributed by atoms with Gasteiger partial charge < -0.3 is 5.11 Å². The van der Waals surface area contributed by atoms with E-state index in [1.54, 1.807) is 4.68 Å². The first kappa shape index (κ1) is 16.0. The molecule has 2 aromatic heterocycles. The van der Waals surface area contributed by atoms with Gasteiger partial charge in [-0.05, 0) is 41.9 Å². The molecule has 0 amide bonds. The molecule has 0 bridgehead atoms. The van der Waals surface area contributed by atoms with Crippen molar-refractivity contribution in [1.29, 1.82) is 0 Å². The van der Waals surface area contributed by atoms with Gasteiger partial charge in [0.25, 0.3) is 0 Å². The topological polar surface area (TPSA) is 50.9 Å². The number of nitrogens with zero attached hydrogens (tertiary/aromatic N) is 3. The van der Waals surface area contributed by atoms with Gasteiger partial charge in [0.05, 0.1) is 27.6 Å². The van der Waals surface area contributed by atoms with Crippen LogP contribution in [0.25, 0.3) is 0 Å². The molecule has 0 fully saturated rings. The van der Waals surface area contributed by atoms with Gasteiger partial charge in [0.2, 0.25) is 0 Å². The summed E-state index contributed by atoms with van der Waals surface area (Å²) in [6.45, 7) is 3.77. The fourth-order valence-corrected chi connectivity index (χ4v) is 2.38. The molecule has 2 rings (SSSR count). The van der Waals surface area contributed by atoms with Gasteiger partial charge >= 0.3 is 6.18 Å². The second kappa shape index (κ2) is 5.76. The zero-order valence-corrected chi connectivity index (χ0v) is 12.9. The van der Waals surface area contributed by atoms with Gasteiger partial charge in [0.15, 0.2) is 0 Å². The summed E-state index contributed by atoms with van der Waals surface area (Å²) in [5, 5.41) is 14.5. The molecule has 1 atom stereocenters. The van der Waals surface area contributed by atoms with Gasteiger partial charge in [0, 0.05) is 12.2 Å². The number of hydrogen-bond donors (Lipinski definition) is 1. The van der Waals surface area contributed by atoms with E-state index in [4.69, 9.17) is 0 Å². The standard InChI is InChI=1S/C13H13BrF3N3O/c1-7(2)20-11(9(14)6-19-20)12(21)10-4-3-8(5-18-10)13(15,16)17/h3-7,12,21H,1-2H3. The Labute approximate surface area is 127 Å². The Bertz CT molecular complexity index is 623. The third-order valence-electron chi connectivity index (χ3n) is 2.93. The van der Waals surface area contributed by atoms with E-state index in [1.807, 2.05) is 13.8 Å². The Hall–Kier alpha value is -1.41. The first-order valence-corrected chi connectivity index (χ1v) is 6.95. The summed E-state index contributed by atoms with van der Waals surface area (Å²) in [6, 6.07) is 2.06. The average molecular weight is 364 g/mol. The number of hydrogen-bond acceptors (Lipinski definition) is 3. The average Bonchev–Trinajstić information content (AvgIpc) is 2.79. The highest BCUT2D eigenvalue weighted by molar-refractivity contribution is 9.10. The van der Waals surface area contributed by atoms with E-state index >= 15 is 0 Å². The summed E-state index contributed by atoms with van der Waals surface area (Å²) in [6.07, 6.45) is -3.37. The van der Waals surface area contributed by atoms with E-state index in [2.05, 4.69) is 26.0 Å². The normalized spacial score (nSPS) is 13.7. The summed E-state index contributed by atoms with van der Waals surface area (Å²) in [5.41, 5.74) is -0.266. The summed E-state index contributed by atoms with van der Waals surface area (Å²) in [5.74, 6) is 0. The molecular weight excluding hydrogens is 351 g/mol. The molecule has 0 spiro atoms. The van der Waals surface area contributed by atoms with E-state index in [9.17, 15) is 18.3 Å². The lowest BCUT2D eigenvalue weighted by Gasteiger charge is -2.16. The number of halogens is 4. The van der Waals surface area contributed by atoms with Crippen LogP contribution in [0.1, 0.15) is 42.9 Å². The lowest BCUT2D eigenvalue weighted by atomic mass is 10.1. The first-order chi connectivity index (χ1) is 9.71. The van der Waals surface area contributed by atoms with E-state index < -0.39 is 17.8 Å². The minimum atomic E-state index is -4.45. The maximum Gasteiger partial charge on any atom is 0.417 e. The van der Waals surface area contributed by atoms with Crippen molar-refractivity contribution in [2.75, 3.05) is 0 Å². The quantitative estimate of drug-likeness (QED) is 0.903. The molecule has 0 aliphatic heterocycles. The zero-order valence-electron chi connectivity index (χ0n) is 11.3. The third-order valence-corrected chi connectivity index (χ3v) is 3.54. The lowest BCUT2D eigenvalue weighted by Crippen LogP contribution is -2.14. The summed E-state index contributed by atoms with van der Waals surface area (Å²) >= 11 is 3.28. The van der Waals surface area contributed by atoms with Crippen LogP contribution in [0.3, 0.4) is 0 Å². The highest BCUT2D eigenvalue weighted by atomic mass is 79.9. The van der Waals surface area contributed by atoms with Crippen molar-refractivity contribution in [2.45, 2.75) is 32.2 Å². The highest BCUT2D eigenvalue weighted by Crippen LogP contribution is 2.32. The molecule has 0 radical (unpaired) electrons. The van der Waals surface area contributed by atoms with Crippen LogP contribution in [0.5, 0.6) is 0 Å². The Morgan fingerprint density at radius 3 is 2.38 bits per heavy atom. The van der Waals surface area contributed by atoms with Crippen LogP contribution in [-0.4, -0.2) is 19.9 Å². The van der Waals surface area contributed by atoms with E-state index in [0.717, 1.165) is 12.1 Å². The van der Waals surface area contributed by atoms with Crippen molar-refractivity contribution in [1.82, 2.24) is 14.8 Å². The second-order valence-corrected chi connectivity index (χ2v) is 5.64. The highest BCUT2D eigenvalue weighted by Gasteiger charge is 2.31. The van der Waals surface area contributed by atoms with Crippen LogP contribution in [0.15, 0.2) is 29.0 Å². The van der Waals surface area contributed by atoms with Crippen molar-refractivity contribution in [2.24, 2.45) is 0 Å². The zero-order chi connectivity index (χ0) is 15.8. The van der Waals surface area contributed by atoms with Gasteiger partial charge in [-0.15, -0.1) is 0 Å². The van der Waals surface area contributed by atoms with E-state index in [-0.39, 0.29) is 11.7 Å². The fraction of sp³-hybridized carbons (Fsp3) is 0.385. The van der Waals surface area contributed by atoms with Crippen LogP contribution in [0, 0.1) is 0 Å². The van der Waals surface area contributed by atoms with Crippen LogP contribution >= 0.6 is 15.9 Å². The predicted octanol–water partition coefficient (Wildman–Crippen LogP) is 3.72. The molecule has 0 aliphatic carbocycles. The molecule has 2 aromatic rings.